The Bertz CT molecular complexity index is 3070. The fourth-order valence-corrected chi connectivity index (χ4v) is 13.9. The molecule has 12 rings (SSSR count). The zero-order valence-electron chi connectivity index (χ0n) is 41.9. The highest BCUT2D eigenvalue weighted by Gasteiger charge is 2.44. The second-order valence-corrected chi connectivity index (χ2v) is 23.0. The maximum absolute atomic E-state index is 2.54. The van der Waals surface area contributed by atoms with E-state index in [0.29, 0.717) is 11.8 Å². The van der Waals surface area contributed by atoms with Gasteiger partial charge in [-0.15, -0.1) is 0 Å². The summed E-state index contributed by atoms with van der Waals surface area (Å²) in [5, 5.41) is 0. The molecular weight excluding hydrogens is 845 g/mol. The normalized spacial score (nSPS) is 22.1. The SMILES string of the molecule is CC1(C)c2cc(N(c3ccc(C4CC5CCC4C5)cc3)c3ccc(C4(c5ccc(N(c6ccccc6)c6ccccc6)cc5)CCCC(C(C)(C)C)C4)cc3)ccc2-c2c(-c3ccccc3)cccc21. The lowest BCUT2D eigenvalue weighted by Gasteiger charge is -2.46. The summed E-state index contributed by atoms with van der Waals surface area (Å²) in [5.74, 6) is 3.09. The Kier molecular flexibility index (Phi) is 11.2. The Balaban J connectivity index is 0.950. The average molecular weight is 913 g/mol. The summed E-state index contributed by atoms with van der Waals surface area (Å²) in [7, 11) is 0. The molecule has 4 aliphatic carbocycles. The summed E-state index contributed by atoms with van der Waals surface area (Å²) in [4.78, 5) is 4.91. The van der Waals surface area contributed by atoms with Crippen molar-refractivity contribution in [3.63, 3.8) is 0 Å². The molecule has 4 aliphatic rings. The van der Waals surface area contributed by atoms with Crippen molar-refractivity contribution >= 4 is 34.1 Å². The number of anilines is 6. The smallest absolute Gasteiger partial charge is 0.0465 e. The predicted molar refractivity (Wildman–Crippen MR) is 296 cm³/mol. The van der Waals surface area contributed by atoms with Crippen LogP contribution < -0.4 is 9.80 Å². The minimum Gasteiger partial charge on any atom is -0.311 e. The Morgan fingerprint density at radius 3 is 1.57 bits per heavy atom. The molecule has 0 amide bonds. The van der Waals surface area contributed by atoms with Crippen molar-refractivity contribution in [1.29, 1.82) is 0 Å². The number of hydrogen-bond acceptors (Lipinski definition) is 2. The van der Waals surface area contributed by atoms with Crippen molar-refractivity contribution < 1.29 is 0 Å². The number of fused-ring (bicyclic) bond motifs is 5. The predicted octanol–water partition coefficient (Wildman–Crippen LogP) is 19.0. The van der Waals surface area contributed by atoms with Crippen LogP contribution in [-0.4, -0.2) is 0 Å². The summed E-state index contributed by atoms with van der Waals surface area (Å²) in [5.41, 5.74) is 19.5. The Labute approximate surface area is 418 Å². The van der Waals surface area contributed by atoms with E-state index >= 15 is 0 Å². The highest BCUT2D eigenvalue weighted by Crippen LogP contribution is 2.56. The first-order chi connectivity index (χ1) is 34.0. The van der Waals surface area contributed by atoms with Gasteiger partial charge in [0.05, 0.1) is 0 Å². The van der Waals surface area contributed by atoms with Gasteiger partial charge in [0.1, 0.15) is 0 Å². The van der Waals surface area contributed by atoms with E-state index in [4.69, 9.17) is 0 Å². The van der Waals surface area contributed by atoms with Gasteiger partial charge in [-0.1, -0.05) is 175 Å². The van der Waals surface area contributed by atoms with Crippen LogP contribution in [-0.2, 0) is 10.8 Å². The minimum absolute atomic E-state index is 0.107. The third kappa shape index (κ3) is 7.79. The fraction of sp³-hybridized carbons (Fsp3) is 0.294. The standard InChI is InChI=1S/C68H68N2/c1-66(2,3)53-19-16-42-68(46-53,51-30-36-57(37-31-51)69(54-20-11-7-12-21-54)55-22-13-8-14-23-55)52-32-38-58(39-33-52)70(56-34-28-49(29-35-56)62-44-47-26-27-50(62)43-47)59-40-41-61-64(45-59)67(4,5)63-25-15-24-60(65(61)63)48-17-9-6-10-18-48/h6-15,17-18,20-25,28-41,45,47,50,53,62H,16,19,26-27,42-44,46H2,1-5H3. The lowest BCUT2D eigenvalue weighted by molar-refractivity contribution is 0.137. The van der Waals surface area contributed by atoms with Gasteiger partial charge in [0.2, 0.25) is 0 Å². The van der Waals surface area contributed by atoms with Gasteiger partial charge in [-0.25, -0.2) is 0 Å². The molecule has 8 aromatic rings. The van der Waals surface area contributed by atoms with E-state index in [9.17, 15) is 0 Å². The van der Waals surface area contributed by atoms with E-state index in [0.717, 1.165) is 36.1 Å². The highest BCUT2D eigenvalue weighted by molar-refractivity contribution is 5.94. The van der Waals surface area contributed by atoms with Gasteiger partial charge < -0.3 is 9.80 Å². The molecule has 0 aromatic heterocycles. The summed E-state index contributed by atoms with van der Waals surface area (Å²) in [6, 6.07) is 76.0. The van der Waals surface area contributed by atoms with Crippen molar-refractivity contribution in [2.24, 2.45) is 23.2 Å². The molecular formula is C68H68N2. The zero-order valence-corrected chi connectivity index (χ0v) is 41.9. The molecule has 2 nitrogen and oxygen atoms in total. The third-order valence-corrected chi connectivity index (χ3v) is 17.7. The molecule has 0 radical (unpaired) electrons. The van der Waals surface area contributed by atoms with E-state index in [1.165, 1.54) is 111 Å². The van der Waals surface area contributed by atoms with Gasteiger partial charge >= 0.3 is 0 Å². The molecule has 0 spiro atoms. The zero-order chi connectivity index (χ0) is 47.6. The van der Waals surface area contributed by atoms with Crippen LogP contribution in [0.2, 0.25) is 0 Å². The molecule has 70 heavy (non-hydrogen) atoms. The second kappa shape index (κ2) is 17.6. The summed E-state index contributed by atoms with van der Waals surface area (Å²) in [6.45, 7) is 12.2. The molecule has 5 unspecified atom stereocenters. The summed E-state index contributed by atoms with van der Waals surface area (Å²) >= 11 is 0. The molecule has 3 fully saturated rings. The van der Waals surface area contributed by atoms with E-state index in [1.54, 1.807) is 0 Å². The Morgan fingerprint density at radius 1 is 0.471 bits per heavy atom. The first kappa shape index (κ1) is 44.6. The Morgan fingerprint density at radius 2 is 1.01 bits per heavy atom. The van der Waals surface area contributed by atoms with Crippen molar-refractivity contribution in [3.8, 4) is 22.3 Å². The molecule has 2 heteroatoms. The van der Waals surface area contributed by atoms with Gasteiger partial charge in [-0.2, -0.15) is 0 Å². The Hall–Kier alpha value is -6.64. The fourth-order valence-electron chi connectivity index (χ4n) is 13.9. The van der Waals surface area contributed by atoms with Crippen LogP contribution in [0.5, 0.6) is 0 Å². The van der Waals surface area contributed by atoms with Gasteiger partial charge in [0.25, 0.3) is 0 Å². The summed E-state index contributed by atoms with van der Waals surface area (Å²) in [6.07, 6.45) is 10.4. The van der Waals surface area contributed by atoms with Crippen LogP contribution >= 0.6 is 0 Å². The quantitative estimate of drug-likeness (QED) is 0.135. The lowest BCUT2D eigenvalue weighted by Crippen LogP contribution is -2.38. The maximum Gasteiger partial charge on any atom is 0.0465 e. The third-order valence-electron chi connectivity index (χ3n) is 17.7. The molecule has 0 aliphatic heterocycles. The van der Waals surface area contributed by atoms with Crippen LogP contribution in [0.4, 0.5) is 34.1 Å². The molecule has 2 bridgehead atoms. The van der Waals surface area contributed by atoms with Crippen LogP contribution in [0.1, 0.15) is 120 Å². The number of hydrogen-bond donors (Lipinski definition) is 0. The number of para-hydroxylation sites is 2. The number of nitrogens with zero attached hydrogens (tertiary/aromatic N) is 2. The number of rotatable bonds is 10. The van der Waals surface area contributed by atoms with Crippen LogP contribution in [0.25, 0.3) is 22.3 Å². The summed E-state index contributed by atoms with van der Waals surface area (Å²) < 4.78 is 0. The van der Waals surface area contributed by atoms with Crippen LogP contribution in [0, 0.1) is 23.2 Å². The molecule has 350 valence electrons. The van der Waals surface area contributed by atoms with E-state index in [2.05, 4.69) is 245 Å². The first-order valence-electron chi connectivity index (χ1n) is 26.4. The first-order valence-corrected chi connectivity index (χ1v) is 26.4. The van der Waals surface area contributed by atoms with Gasteiger partial charge in [0.15, 0.2) is 0 Å². The molecule has 0 N–H and O–H groups in total. The van der Waals surface area contributed by atoms with Crippen LogP contribution in [0.3, 0.4) is 0 Å². The van der Waals surface area contributed by atoms with Gasteiger partial charge in [-0.3, -0.25) is 0 Å². The average Bonchev–Trinajstić information content (AvgIpc) is 4.10. The van der Waals surface area contributed by atoms with E-state index in [-0.39, 0.29) is 16.2 Å². The highest BCUT2D eigenvalue weighted by atomic mass is 15.1. The largest absolute Gasteiger partial charge is 0.311 e. The molecule has 0 heterocycles. The van der Waals surface area contributed by atoms with Crippen molar-refractivity contribution in [3.05, 3.63) is 228 Å². The second-order valence-electron chi connectivity index (χ2n) is 23.0. The molecule has 5 atom stereocenters. The van der Waals surface area contributed by atoms with Gasteiger partial charge in [0, 0.05) is 45.0 Å². The number of benzene rings is 8. The van der Waals surface area contributed by atoms with Crippen molar-refractivity contribution in [1.82, 2.24) is 0 Å². The lowest BCUT2D eigenvalue weighted by atomic mass is 9.58. The molecule has 3 saturated carbocycles. The monoisotopic (exact) mass is 913 g/mol. The topological polar surface area (TPSA) is 6.48 Å². The van der Waals surface area contributed by atoms with E-state index < -0.39 is 0 Å². The molecule has 8 aromatic carbocycles. The van der Waals surface area contributed by atoms with Crippen molar-refractivity contribution in [2.45, 2.75) is 103 Å². The minimum atomic E-state index is -0.154. The maximum atomic E-state index is 2.54. The van der Waals surface area contributed by atoms with Gasteiger partial charge in [-0.05, 0) is 190 Å². The van der Waals surface area contributed by atoms with Crippen molar-refractivity contribution in [2.75, 3.05) is 9.80 Å². The molecule has 0 saturated heterocycles. The van der Waals surface area contributed by atoms with E-state index in [1.807, 2.05) is 0 Å². The van der Waals surface area contributed by atoms with Crippen LogP contribution in [0.15, 0.2) is 200 Å².